The third-order valence-electron chi connectivity index (χ3n) is 4.19. The minimum absolute atomic E-state index is 0.251. The van der Waals surface area contributed by atoms with Crippen LogP contribution in [0.3, 0.4) is 0 Å². The maximum Gasteiger partial charge on any atom is 0.251 e. The van der Waals surface area contributed by atoms with E-state index in [1.54, 1.807) is 28.8 Å². The fraction of sp³-hybridized carbons (Fsp3) is 0.0500. The van der Waals surface area contributed by atoms with Crippen molar-refractivity contribution < 1.29 is 13.6 Å². The van der Waals surface area contributed by atoms with Crippen LogP contribution in [0.4, 0.5) is 8.78 Å². The molecule has 0 atom stereocenters. The van der Waals surface area contributed by atoms with E-state index in [0.29, 0.717) is 16.2 Å². The number of hydrogen-bond acceptors (Lipinski definition) is 3. The van der Waals surface area contributed by atoms with E-state index in [1.165, 1.54) is 12.1 Å². The zero-order valence-electron chi connectivity index (χ0n) is 14.4. The van der Waals surface area contributed by atoms with Gasteiger partial charge in [0.05, 0.1) is 0 Å². The minimum atomic E-state index is -0.706. The van der Waals surface area contributed by atoms with Gasteiger partial charge in [-0.3, -0.25) is 9.20 Å². The minimum Gasteiger partial charge on any atom is -0.348 e. The van der Waals surface area contributed by atoms with Crippen molar-refractivity contribution in [2.75, 3.05) is 0 Å². The Morgan fingerprint density at radius 2 is 1.79 bits per heavy atom. The van der Waals surface area contributed by atoms with E-state index >= 15 is 0 Å². The normalized spacial score (nSPS) is 11.0. The van der Waals surface area contributed by atoms with E-state index in [1.807, 2.05) is 18.2 Å². The van der Waals surface area contributed by atoms with Crippen LogP contribution in [0.5, 0.6) is 0 Å². The highest BCUT2D eigenvalue weighted by Crippen LogP contribution is 2.21. The number of carbonyl (C=O) groups excluding carboxylic acids is 1. The van der Waals surface area contributed by atoms with Crippen LogP contribution in [-0.2, 0) is 6.54 Å². The summed E-state index contributed by atoms with van der Waals surface area (Å²) in [6, 6.07) is 13.5. The second kappa shape index (κ2) is 7.36. The molecule has 28 heavy (non-hydrogen) atoms. The second-order valence-corrected chi connectivity index (χ2v) is 6.51. The van der Waals surface area contributed by atoms with Gasteiger partial charge < -0.3 is 5.32 Å². The Morgan fingerprint density at radius 1 is 1.04 bits per heavy atom. The maximum atomic E-state index is 13.5. The lowest BCUT2D eigenvalue weighted by Gasteiger charge is -2.07. The molecule has 8 heteroatoms. The number of fused-ring (bicyclic) bond motifs is 1. The zero-order valence-corrected chi connectivity index (χ0v) is 15.1. The molecule has 0 saturated heterocycles. The Kier molecular flexibility index (Phi) is 4.75. The number of benzene rings is 2. The lowest BCUT2D eigenvalue weighted by atomic mass is 10.2. The molecule has 0 fully saturated rings. The molecule has 2 aromatic carbocycles. The Balaban J connectivity index is 1.58. The summed E-state index contributed by atoms with van der Waals surface area (Å²) >= 11 is 6.09. The molecule has 0 aliphatic rings. The molecule has 0 aliphatic carbocycles. The lowest BCUT2D eigenvalue weighted by Crippen LogP contribution is -2.23. The van der Waals surface area contributed by atoms with Gasteiger partial charge in [-0.25, -0.2) is 8.78 Å². The summed E-state index contributed by atoms with van der Waals surface area (Å²) in [4.78, 5) is 12.4. The van der Waals surface area contributed by atoms with Crippen LogP contribution < -0.4 is 5.32 Å². The van der Waals surface area contributed by atoms with E-state index in [4.69, 9.17) is 11.6 Å². The van der Waals surface area contributed by atoms with Crippen molar-refractivity contribution in [1.82, 2.24) is 19.9 Å². The molecule has 0 radical (unpaired) electrons. The monoisotopic (exact) mass is 398 g/mol. The second-order valence-electron chi connectivity index (χ2n) is 6.10. The molecular weight excluding hydrogens is 386 g/mol. The van der Waals surface area contributed by atoms with Gasteiger partial charge in [0.1, 0.15) is 11.6 Å². The SMILES string of the molecule is O=C(NCc1ccccc1Cl)c1ccn2c(-c3cc(F)cc(F)c3)nnc2c1. The number of halogens is 3. The number of carbonyl (C=O) groups is 1. The first-order valence-electron chi connectivity index (χ1n) is 8.34. The van der Waals surface area contributed by atoms with Gasteiger partial charge in [0.25, 0.3) is 5.91 Å². The molecule has 0 spiro atoms. The van der Waals surface area contributed by atoms with Crippen LogP contribution in [0.1, 0.15) is 15.9 Å². The summed E-state index contributed by atoms with van der Waals surface area (Å²) in [7, 11) is 0. The van der Waals surface area contributed by atoms with Gasteiger partial charge in [0.15, 0.2) is 11.5 Å². The molecular formula is C20H13ClF2N4O. The number of hydrogen-bond donors (Lipinski definition) is 1. The van der Waals surface area contributed by atoms with Crippen molar-refractivity contribution >= 4 is 23.2 Å². The molecule has 4 aromatic rings. The van der Waals surface area contributed by atoms with Gasteiger partial charge in [-0.2, -0.15) is 0 Å². The molecule has 5 nitrogen and oxygen atoms in total. The summed E-state index contributed by atoms with van der Waals surface area (Å²) in [5.74, 6) is -1.44. The van der Waals surface area contributed by atoms with Crippen LogP contribution in [0.15, 0.2) is 60.8 Å². The number of amides is 1. The third-order valence-corrected chi connectivity index (χ3v) is 4.56. The van der Waals surface area contributed by atoms with Gasteiger partial charge >= 0.3 is 0 Å². The number of nitrogens with zero attached hydrogens (tertiary/aromatic N) is 3. The highest BCUT2D eigenvalue weighted by atomic mass is 35.5. The first kappa shape index (κ1) is 18.1. The van der Waals surface area contributed by atoms with Crippen LogP contribution >= 0.6 is 11.6 Å². The molecule has 0 bridgehead atoms. The summed E-state index contributed by atoms with van der Waals surface area (Å²) < 4.78 is 28.5. The van der Waals surface area contributed by atoms with E-state index < -0.39 is 11.6 Å². The molecule has 0 unspecified atom stereocenters. The topological polar surface area (TPSA) is 59.3 Å². The number of pyridine rings is 1. The molecule has 0 saturated carbocycles. The molecule has 0 aliphatic heterocycles. The maximum absolute atomic E-state index is 13.5. The standard InChI is InChI=1S/C20H13ClF2N4O/c21-17-4-2-1-3-13(17)11-24-20(28)12-5-6-27-18(9-12)25-26-19(27)14-7-15(22)10-16(23)8-14/h1-10H,11H2,(H,24,28). The average molecular weight is 399 g/mol. The van der Waals surface area contributed by atoms with E-state index in [2.05, 4.69) is 15.5 Å². The van der Waals surface area contributed by atoms with Crippen molar-refractivity contribution in [3.05, 3.63) is 88.6 Å². The molecule has 2 aromatic heterocycles. The van der Waals surface area contributed by atoms with E-state index in [9.17, 15) is 13.6 Å². The summed E-state index contributed by atoms with van der Waals surface area (Å²) in [5, 5.41) is 11.3. The highest BCUT2D eigenvalue weighted by molar-refractivity contribution is 6.31. The van der Waals surface area contributed by atoms with E-state index in [0.717, 1.165) is 11.6 Å². The largest absolute Gasteiger partial charge is 0.348 e. The number of rotatable bonds is 4. The Hall–Kier alpha value is -3.32. The van der Waals surface area contributed by atoms with Crippen molar-refractivity contribution in [3.63, 3.8) is 0 Å². The van der Waals surface area contributed by atoms with E-state index in [-0.39, 0.29) is 23.8 Å². The van der Waals surface area contributed by atoms with Gasteiger partial charge in [-0.05, 0) is 35.9 Å². The lowest BCUT2D eigenvalue weighted by molar-refractivity contribution is 0.0951. The average Bonchev–Trinajstić information content (AvgIpc) is 3.09. The van der Waals surface area contributed by atoms with Crippen molar-refractivity contribution in [2.24, 2.45) is 0 Å². The van der Waals surface area contributed by atoms with Gasteiger partial charge in [0, 0.05) is 35.0 Å². The van der Waals surface area contributed by atoms with Crippen molar-refractivity contribution in [3.8, 4) is 11.4 Å². The number of nitrogens with one attached hydrogen (secondary N) is 1. The van der Waals surface area contributed by atoms with Gasteiger partial charge in [-0.15, -0.1) is 10.2 Å². The molecule has 1 amide bonds. The zero-order chi connectivity index (χ0) is 19.7. The highest BCUT2D eigenvalue weighted by Gasteiger charge is 2.13. The van der Waals surface area contributed by atoms with Crippen LogP contribution in [0.2, 0.25) is 5.02 Å². The molecule has 1 N–H and O–H groups in total. The predicted octanol–water partition coefficient (Wildman–Crippen LogP) is 4.26. The Labute approximate surface area is 163 Å². The Morgan fingerprint density at radius 3 is 2.54 bits per heavy atom. The fourth-order valence-electron chi connectivity index (χ4n) is 2.83. The fourth-order valence-corrected chi connectivity index (χ4v) is 3.03. The summed E-state index contributed by atoms with van der Waals surface area (Å²) in [6.45, 7) is 0.282. The first-order chi connectivity index (χ1) is 13.5. The van der Waals surface area contributed by atoms with Crippen LogP contribution in [0, 0.1) is 11.6 Å². The Bertz CT molecular complexity index is 1170. The van der Waals surface area contributed by atoms with Crippen molar-refractivity contribution in [1.29, 1.82) is 0 Å². The third kappa shape index (κ3) is 3.57. The smallest absolute Gasteiger partial charge is 0.251 e. The molecule has 2 heterocycles. The molecule has 140 valence electrons. The summed E-state index contributed by atoms with van der Waals surface area (Å²) in [5.41, 5.74) is 1.81. The predicted molar refractivity (Wildman–Crippen MR) is 101 cm³/mol. The van der Waals surface area contributed by atoms with Gasteiger partial charge in [0.2, 0.25) is 0 Å². The van der Waals surface area contributed by atoms with Gasteiger partial charge in [-0.1, -0.05) is 29.8 Å². The summed E-state index contributed by atoms with van der Waals surface area (Å²) in [6.07, 6.45) is 1.58. The quantitative estimate of drug-likeness (QED) is 0.559. The van der Waals surface area contributed by atoms with Crippen molar-refractivity contribution in [2.45, 2.75) is 6.54 Å². The first-order valence-corrected chi connectivity index (χ1v) is 8.72. The van der Waals surface area contributed by atoms with Crippen LogP contribution in [-0.4, -0.2) is 20.5 Å². The van der Waals surface area contributed by atoms with Crippen LogP contribution in [0.25, 0.3) is 17.0 Å². The molecule has 4 rings (SSSR count). The number of aromatic nitrogens is 3.